The van der Waals surface area contributed by atoms with E-state index in [1.165, 1.54) is 11.3 Å². The molecule has 0 radical (unpaired) electrons. The maximum Gasteiger partial charge on any atom is 0.306 e. The molecule has 0 aromatic carbocycles. The lowest BCUT2D eigenvalue weighted by Crippen LogP contribution is -2.31. The molecule has 2 amide bonds. The first-order valence-electron chi connectivity index (χ1n) is 8.67. The molecular weight excluding hydrogens is 342 g/mol. The predicted octanol–water partition coefficient (Wildman–Crippen LogP) is 2.36. The SMILES string of the molecule is CCCNC(=O)c1csc(CN(CCC)C(=O)CCC(=O)OCC)n1. The van der Waals surface area contributed by atoms with Gasteiger partial charge >= 0.3 is 5.97 Å². The van der Waals surface area contributed by atoms with Gasteiger partial charge in [0, 0.05) is 24.9 Å². The highest BCUT2D eigenvalue weighted by Gasteiger charge is 2.18. The number of nitrogens with zero attached hydrogens (tertiary/aromatic N) is 2. The Bertz CT molecular complexity index is 574. The number of carbonyl (C=O) groups is 3. The summed E-state index contributed by atoms with van der Waals surface area (Å²) in [5.74, 6) is -0.668. The van der Waals surface area contributed by atoms with E-state index in [1.54, 1.807) is 17.2 Å². The number of hydrogen-bond acceptors (Lipinski definition) is 6. The third-order valence-corrected chi connectivity index (χ3v) is 4.17. The van der Waals surface area contributed by atoms with E-state index < -0.39 is 0 Å². The molecule has 1 aromatic heterocycles. The molecule has 0 spiro atoms. The number of hydrogen-bond donors (Lipinski definition) is 1. The van der Waals surface area contributed by atoms with Gasteiger partial charge in [0.25, 0.3) is 5.91 Å². The fraction of sp³-hybridized carbons (Fsp3) is 0.647. The van der Waals surface area contributed by atoms with Crippen LogP contribution in [0.2, 0.25) is 0 Å². The molecule has 140 valence electrons. The van der Waals surface area contributed by atoms with Crippen LogP contribution in [0.3, 0.4) is 0 Å². The van der Waals surface area contributed by atoms with Crippen LogP contribution < -0.4 is 5.32 Å². The minimum Gasteiger partial charge on any atom is -0.466 e. The maximum atomic E-state index is 12.3. The standard InChI is InChI=1S/C17H27N3O4S/c1-4-9-18-17(23)13-12-25-14(19-13)11-20(10-5-2)15(21)7-8-16(22)24-6-3/h12H,4-11H2,1-3H3,(H,18,23). The number of ether oxygens (including phenoxy) is 1. The molecule has 0 aliphatic carbocycles. The van der Waals surface area contributed by atoms with Crippen molar-refractivity contribution in [1.29, 1.82) is 0 Å². The Kier molecular flexibility index (Phi) is 9.76. The van der Waals surface area contributed by atoms with Crippen molar-refractivity contribution in [1.82, 2.24) is 15.2 Å². The molecule has 1 aromatic rings. The second-order valence-corrected chi connectivity index (χ2v) is 6.45. The van der Waals surface area contributed by atoms with Crippen LogP contribution in [0.5, 0.6) is 0 Å². The van der Waals surface area contributed by atoms with Crippen molar-refractivity contribution in [2.45, 2.75) is 53.0 Å². The molecule has 0 aliphatic rings. The number of esters is 1. The second-order valence-electron chi connectivity index (χ2n) is 5.50. The van der Waals surface area contributed by atoms with Gasteiger partial charge in [0.2, 0.25) is 5.91 Å². The van der Waals surface area contributed by atoms with Gasteiger partial charge in [-0.1, -0.05) is 13.8 Å². The van der Waals surface area contributed by atoms with E-state index in [9.17, 15) is 14.4 Å². The van der Waals surface area contributed by atoms with E-state index in [4.69, 9.17) is 4.74 Å². The molecule has 0 saturated heterocycles. The lowest BCUT2D eigenvalue weighted by Gasteiger charge is -2.20. The largest absolute Gasteiger partial charge is 0.466 e. The molecule has 1 heterocycles. The number of amides is 2. The van der Waals surface area contributed by atoms with Gasteiger partial charge in [-0.3, -0.25) is 14.4 Å². The molecule has 8 heteroatoms. The van der Waals surface area contributed by atoms with Crippen molar-refractivity contribution < 1.29 is 19.1 Å². The summed E-state index contributed by atoms with van der Waals surface area (Å²) < 4.78 is 4.85. The minimum absolute atomic E-state index is 0.0788. The molecule has 0 bridgehead atoms. The van der Waals surface area contributed by atoms with E-state index in [2.05, 4.69) is 10.3 Å². The summed E-state index contributed by atoms with van der Waals surface area (Å²) in [5, 5.41) is 5.19. The van der Waals surface area contributed by atoms with Crippen LogP contribution in [0.15, 0.2) is 5.38 Å². The molecular formula is C17H27N3O4S. The maximum absolute atomic E-state index is 12.3. The Morgan fingerprint density at radius 3 is 2.60 bits per heavy atom. The zero-order valence-corrected chi connectivity index (χ0v) is 16.0. The summed E-state index contributed by atoms with van der Waals surface area (Å²) in [4.78, 5) is 41.6. The van der Waals surface area contributed by atoms with Gasteiger partial charge < -0.3 is 15.0 Å². The zero-order valence-electron chi connectivity index (χ0n) is 15.2. The summed E-state index contributed by atoms with van der Waals surface area (Å²) in [5.41, 5.74) is 0.379. The fourth-order valence-electron chi connectivity index (χ4n) is 2.14. The number of nitrogens with one attached hydrogen (secondary N) is 1. The Morgan fingerprint density at radius 1 is 1.20 bits per heavy atom. The smallest absolute Gasteiger partial charge is 0.306 e. The van der Waals surface area contributed by atoms with Gasteiger partial charge in [-0.05, 0) is 19.8 Å². The van der Waals surface area contributed by atoms with Gasteiger partial charge in [-0.2, -0.15) is 0 Å². The molecule has 7 nitrogen and oxygen atoms in total. The number of rotatable bonds is 11. The fourth-order valence-corrected chi connectivity index (χ4v) is 2.93. The molecule has 25 heavy (non-hydrogen) atoms. The highest BCUT2D eigenvalue weighted by molar-refractivity contribution is 7.09. The molecule has 0 fully saturated rings. The van der Waals surface area contributed by atoms with E-state index in [0.717, 1.165) is 12.8 Å². The average molecular weight is 369 g/mol. The molecule has 0 atom stereocenters. The summed E-state index contributed by atoms with van der Waals surface area (Å²) in [6.07, 6.45) is 1.87. The highest BCUT2D eigenvalue weighted by Crippen LogP contribution is 2.14. The normalized spacial score (nSPS) is 10.4. The minimum atomic E-state index is -0.364. The molecule has 1 rings (SSSR count). The van der Waals surface area contributed by atoms with Crippen LogP contribution in [-0.4, -0.2) is 47.4 Å². The average Bonchev–Trinajstić information content (AvgIpc) is 3.06. The Morgan fingerprint density at radius 2 is 1.96 bits per heavy atom. The first kappa shape index (κ1) is 21.1. The quantitative estimate of drug-likeness (QED) is 0.605. The summed E-state index contributed by atoms with van der Waals surface area (Å²) in [7, 11) is 0. The van der Waals surface area contributed by atoms with Crippen molar-refractivity contribution in [3.8, 4) is 0 Å². The first-order chi connectivity index (χ1) is 12.0. The van der Waals surface area contributed by atoms with Gasteiger partial charge in [-0.25, -0.2) is 4.98 Å². The van der Waals surface area contributed by atoms with E-state index in [0.29, 0.717) is 36.9 Å². The van der Waals surface area contributed by atoms with Crippen molar-refractivity contribution in [3.05, 3.63) is 16.1 Å². The van der Waals surface area contributed by atoms with Crippen molar-refractivity contribution >= 4 is 29.1 Å². The predicted molar refractivity (Wildman–Crippen MR) is 96.3 cm³/mol. The summed E-state index contributed by atoms with van der Waals surface area (Å²) in [6, 6.07) is 0. The van der Waals surface area contributed by atoms with Gasteiger partial charge in [0.1, 0.15) is 10.7 Å². The van der Waals surface area contributed by atoms with Crippen LogP contribution in [0.25, 0.3) is 0 Å². The molecule has 0 aliphatic heterocycles. The van der Waals surface area contributed by atoms with Gasteiger partial charge in [0.05, 0.1) is 19.6 Å². The van der Waals surface area contributed by atoms with E-state index >= 15 is 0 Å². The summed E-state index contributed by atoms with van der Waals surface area (Å²) >= 11 is 1.36. The van der Waals surface area contributed by atoms with Crippen molar-refractivity contribution in [2.24, 2.45) is 0 Å². The van der Waals surface area contributed by atoms with Crippen LogP contribution in [0.1, 0.15) is 62.0 Å². The Balaban J connectivity index is 2.62. The topological polar surface area (TPSA) is 88.6 Å². The second kappa shape index (κ2) is 11.6. The highest BCUT2D eigenvalue weighted by atomic mass is 32.1. The van der Waals surface area contributed by atoms with Crippen LogP contribution in [0.4, 0.5) is 0 Å². The molecule has 1 N–H and O–H groups in total. The van der Waals surface area contributed by atoms with Crippen LogP contribution >= 0.6 is 11.3 Å². The Labute approximate surface area is 152 Å². The number of carbonyl (C=O) groups excluding carboxylic acids is 3. The third-order valence-electron chi connectivity index (χ3n) is 3.34. The van der Waals surface area contributed by atoms with E-state index in [-0.39, 0.29) is 30.6 Å². The molecule has 0 unspecified atom stereocenters. The Hall–Kier alpha value is -1.96. The van der Waals surface area contributed by atoms with Crippen LogP contribution in [-0.2, 0) is 20.9 Å². The first-order valence-corrected chi connectivity index (χ1v) is 9.55. The van der Waals surface area contributed by atoms with E-state index in [1.807, 2.05) is 13.8 Å². The van der Waals surface area contributed by atoms with Gasteiger partial charge in [-0.15, -0.1) is 11.3 Å². The van der Waals surface area contributed by atoms with Crippen molar-refractivity contribution in [2.75, 3.05) is 19.7 Å². The van der Waals surface area contributed by atoms with Crippen LogP contribution in [0, 0.1) is 0 Å². The lowest BCUT2D eigenvalue weighted by molar-refractivity contribution is -0.145. The lowest BCUT2D eigenvalue weighted by atomic mass is 10.2. The van der Waals surface area contributed by atoms with Gasteiger partial charge in [0.15, 0.2) is 0 Å². The number of aromatic nitrogens is 1. The number of thiazole rings is 1. The van der Waals surface area contributed by atoms with Crippen molar-refractivity contribution in [3.63, 3.8) is 0 Å². The zero-order chi connectivity index (χ0) is 18.7. The monoisotopic (exact) mass is 369 g/mol. The molecule has 0 saturated carbocycles. The third kappa shape index (κ3) is 7.64. The summed E-state index contributed by atoms with van der Waals surface area (Å²) in [6.45, 7) is 7.56.